The monoisotopic (exact) mass is 561 g/mol. The van der Waals surface area contributed by atoms with E-state index in [9.17, 15) is 14.4 Å². The molecular weight excluding hydrogens is 541 g/mol. The van der Waals surface area contributed by atoms with Crippen LogP contribution in [-0.4, -0.2) is 39.7 Å². The molecule has 40 heavy (non-hydrogen) atoms. The van der Waals surface area contributed by atoms with Gasteiger partial charge in [0.25, 0.3) is 5.91 Å². The number of carbonyl (C=O) groups is 3. The van der Waals surface area contributed by atoms with Gasteiger partial charge in [0.2, 0.25) is 5.89 Å². The molecule has 202 valence electrons. The van der Waals surface area contributed by atoms with Crippen LogP contribution in [-0.2, 0) is 20.9 Å². The lowest BCUT2D eigenvalue weighted by atomic mass is 10.0. The van der Waals surface area contributed by atoms with Crippen molar-refractivity contribution >= 4 is 40.3 Å². The maximum Gasteiger partial charge on any atom is 0.337 e. The number of esters is 2. The van der Waals surface area contributed by atoms with Crippen molar-refractivity contribution in [3.8, 4) is 22.7 Å². The minimum Gasteiger partial charge on any atom is -0.465 e. The summed E-state index contributed by atoms with van der Waals surface area (Å²) in [6.07, 6.45) is 1.43. The molecule has 0 unspecified atom stereocenters. The van der Waals surface area contributed by atoms with E-state index in [1.165, 1.54) is 32.4 Å². The number of halogens is 2. The lowest BCUT2D eigenvalue weighted by molar-refractivity contribution is -0.142. The highest BCUT2D eigenvalue weighted by atomic mass is 35.5. The molecule has 0 N–H and O–H groups in total. The quantitative estimate of drug-likeness (QED) is 0.232. The third-order valence-corrected chi connectivity index (χ3v) is 6.49. The van der Waals surface area contributed by atoms with Crippen molar-refractivity contribution < 1.29 is 32.7 Å². The maximum absolute atomic E-state index is 15.3. The number of aryl methyl sites for hydroxylation is 1. The van der Waals surface area contributed by atoms with E-state index in [-0.39, 0.29) is 39.9 Å². The Morgan fingerprint density at radius 2 is 1.90 bits per heavy atom. The molecule has 0 bridgehead atoms. The minimum atomic E-state index is -0.720. The van der Waals surface area contributed by atoms with Crippen LogP contribution in [0.5, 0.6) is 0 Å². The van der Waals surface area contributed by atoms with Crippen molar-refractivity contribution in [2.24, 2.45) is 0 Å². The highest BCUT2D eigenvalue weighted by molar-refractivity contribution is 6.34. The van der Waals surface area contributed by atoms with Crippen molar-refractivity contribution in [3.05, 3.63) is 94.1 Å². The van der Waals surface area contributed by atoms with Crippen molar-refractivity contribution in [1.82, 2.24) is 14.8 Å². The number of nitrogens with zero attached hydrogens (tertiary/aromatic N) is 3. The van der Waals surface area contributed by atoms with Crippen LogP contribution < -0.4 is 0 Å². The summed E-state index contributed by atoms with van der Waals surface area (Å²) in [6, 6.07) is 13.9. The summed E-state index contributed by atoms with van der Waals surface area (Å²) in [5.74, 6) is -1.85. The third-order valence-electron chi connectivity index (χ3n) is 6.17. The van der Waals surface area contributed by atoms with Crippen LogP contribution in [0, 0.1) is 12.7 Å². The number of benzene rings is 3. The minimum absolute atomic E-state index is 0.0333. The SMILES string of the molecule is COC(=O)c1ccc(-c2nn(C(=O)c3c(C)cccc3Cl)c3cc(-c4ncc(COC(C)=O)o4)ccc23)c(F)c1. The molecule has 0 saturated carbocycles. The fraction of sp³-hybridized carbons (Fsp3) is 0.138. The van der Waals surface area contributed by atoms with Crippen LogP contribution in [0.1, 0.15) is 39.0 Å². The second kappa shape index (κ2) is 10.7. The van der Waals surface area contributed by atoms with Gasteiger partial charge in [-0.15, -0.1) is 0 Å². The van der Waals surface area contributed by atoms with Crippen molar-refractivity contribution in [2.75, 3.05) is 7.11 Å². The third kappa shape index (κ3) is 4.96. The zero-order valence-corrected chi connectivity index (χ0v) is 22.3. The molecule has 0 atom stereocenters. The Kier molecular flexibility index (Phi) is 7.19. The first-order chi connectivity index (χ1) is 19.2. The van der Waals surface area contributed by atoms with Gasteiger partial charge in [-0.1, -0.05) is 23.7 Å². The number of aromatic nitrogens is 3. The molecule has 0 aliphatic carbocycles. The summed E-state index contributed by atoms with van der Waals surface area (Å²) >= 11 is 6.39. The van der Waals surface area contributed by atoms with Gasteiger partial charge in [-0.3, -0.25) is 9.59 Å². The first-order valence-electron chi connectivity index (χ1n) is 12.0. The van der Waals surface area contributed by atoms with Crippen LogP contribution >= 0.6 is 11.6 Å². The van der Waals surface area contributed by atoms with E-state index in [0.29, 0.717) is 27.8 Å². The molecule has 11 heteroatoms. The normalized spacial score (nSPS) is 11.0. The maximum atomic E-state index is 15.3. The van der Waals surface area contributed by atoms with Gasteiger partial charge in [0.05, 0.1) is 35.0 Å². The molecule has 0 aliphatic rings. The zero-order chi connectivity index (χ0) is 28.6. The Bertz CT molecular complexity index is 1790. The molecule has 9 nitrogen and oxygen atoms in total. The number of methoxy groups -OCH3 is 1. The number of hydrogen-bond donors (Lipinski definition) is 0. The van der Waals surface area contributed by atoms with Crippen molar-refractivity contribution in [3.63, 3.8) is 0 Å². The van der Waals surface area contributed by atoms with Crippen LogP contribution in [0.3, 0.4) is 0 Å². The molecule has 0 radical (unpaired) electrons. The average molecular weight is 562 g/mol. The number of carbonyl (C=O) groups excluding carboxylic acids is 3. The molecule has 3 aromatic carbocycles. The zero-order valence-electron chi connectivity index (χ0n) is 21.5. The van der Waals surface area contributed by atoms with Gasteiger partial charge < -0.3 is 13.9 Å². The molecule has 2 heterocycles. The van der Waals surface area contributed by atoms with E-state index in [2.05, 4.69) is 14.8 Å². The number of hydrogen-bond acceptors (Lipinski definition) is 8. The number of ether oxygens (including phenoxy) is 2. The first-order valence-corrected chi connectivity index (χ1v) is 12.3. The van der Waals surface area contributed by atoms with Crippen LogP contribution in [0.2, 0.25) is 5.02 Å². The van der Waals surface area contributed by atoms with Gasteiger partial charge in [0, 0.05) is 23.4 Å². The van der Waals surface area contributed by atoms with Gasteiger partial charge in [0.15, 0.2) is 12.4 Å². The van der Waals surface area contributed by atoms with Gasteiger partial charge >= 0.3 is 11.9 Å². The molecule has 0 spiro atoms. The van der Waals surface area contributed by atoms with E-state index in [0.717, 1.165) is 10.7 Å². The number of fused-ring (bicyclic) bond motifs is 1. The van der Waals surface area contributed by atoms with Gasteiger partial charge in [-0.25, -0.2) is 14.2 Å². The van der Waals surface area contributed by atoms with Crippen LogP contribution in [0.4, 0.5) is 4.39 Å². The Labute approximate surface area is 232 Å². The van der Waals surface area contributed by atoms with Crippen LogP contribution in [0.25, 0.3) is 33.6 Å². The first kappa shape index (κ1) is 26.8. The Hall–Kier alpha value is -4.83. The average Bonchev–Trinajstić information content (AvgIpc) is 3.56. The van der Waals surface area contributed by atoms with E-state index in [1.54, 1.807) is 43.3 Å². The second-order valence-corrected chi connectivity index (χ2v) is 9.23. The molecule has 0 saturated heterocycles. The highest BCUT2D eigenvalue weighted by Gasteiger charge is 2.24. The number of oxazole rings is 1. The Morgan fingerprint density at radius 3 is 2.60 bits per heavy atom. The molecule has 5 rings (SSSR count). The standard InChI is InChI=1S/C29H21ClFN3O6/c1-15-5-4-6-22(30)25(15)28(36)34-24-12-17(27-32-13-19(40-27)14-39-16(2)35)7-10-21(24)26(33-34)20-9-8-18(11-23(20)31)29(37)38-3/h4-13H,14H2,1-3H3. The molecule has 5 aromatic rings. The predicted molar refractivity (Wildman–Crippen MR) is 143 cm³/mol. The fourth-order valence-corrected chi connectivity index (χ4v) is 4.55. The van der Waals surface area contributed by atoms with Crippen molar-refractivity contribution in [1.29, 1.82) is 0 Å². The van der Waals surface area contributed by atoms with Crippen LogP contribution in [0.15, 0.2) is 65.2 Å². The van der Waals surface area contributed by atoms with E-state index in [1.807, 2.05) is 0 Å². The highest BCUT2D eigenvalue weighted by Crippen LogP contribution is 2.34. The fourth-order valence-electron chi connectivity index (χ4n) is 4.24. The van der Waals surface area contributed by atoms with Gasteiger partial charge in [-0.2, -0.15) is 9.78 Å². The molecule has 2 aromatic heterocycles. The van der Waals surface area contributed by atoms with Gasteiger partial charge in [0.1, 0.15) is 11.5 Å². The summed E-state index contributed by atoms with van der Waals surface area (Å²) in [7, 11) is 1.20. The summed E-state index contributed by atoms with van der Waals surface area (Å²) in [5.41, 5.74) is 2.00. The molecule has 0 amide bonds. The Morgan fingerprint density at radius 1 is 1.10 bits per heavy atom. The summed E-state index contributed by atoms with van der Waals surface area (Å²) in [6.45, 7) is 2.95. The lowest BCUT2D eigenvalue weighted by Gasteiger charge is -2.08. The molecular formula is C29H21ClFN3O6. The van der Waals surface area contributed by atoms with E-state index < -0.39 is 23.7 Å². The summed E-state index contributed by atoms with van der Waals surface area (Å²) in [4.78, 5) is 41.1. The topological polar surface area (TPSA) is 114 Å². The summed E-state index contributed by atoms with van der Waals surface area (Å²) < 4.78 is 31.8. The van der Waals surface area contributed by atoms with E-state index >= 15 is 4.39 Å². The van der Waals surface area contributed by atoms with Gasteiger partial charge in [-0.05, 0) is 55.0 Å². The lowest BCUT2D eigenvalue weighted by Crippen LogP contribution is -2.15. The molecule has 0 aliphatic heterocycles. The van der Waals surface area contributed by atoms with Crippen molar-refractivity contribution in [2.45, 2.75) is 20.5 Å². The van der Waals surface area contributed by atoms with E-state index in [4.69, 9.17) is 20.8 Å². The largest absolute Gasteiger partial charge is 0.465 e. The number of rotatable bonds is 6. The predicted octanol–water partition coefficient (Wildman–Crippen LogP) is 6.00. The second-order valence-electron chi connectivity index (χ2n) is 8.83. The summed E-state index contributed by atoms with van der Waals surface area (Å²) in [5, 5.41) is 5.20. The molecule has 0 fully saturated rings. The smallest absolute Gasteiger partial charge is 0.337 e. The Balaban J connectivity index is 1.67.